The Kier molecular flexibility index (Phi) is 16.0. The van der Waals surface area contributed by atoms with Gasteiger partial charge in [0.2, 0.25) is 0 Å². The molecule has 0 radical (unpaired) electrons. The van der Waals surface area contributed by atoms with E-state index < -0.39 is 0 Å². The second-order valence-corrected chi connectivity index (χ2v) is 0.498. The molecule has 0 fully saturated rings. The number of carbonyl (C=O) groups excluding carboxylic acids is 1. The maximum atomic E-state index is 9.05. The van der Waals surface area contributed by atoms with Crippen molar-refractivity contribution >= 4 is 6.29 Å². The summed E-state index contributed by atoms with van der Waals surface area (Å²) >= 11 is 0. The van der Waals surface area contributed by atoms with Gasteiger partial charge < -0.3 is 4.79 Å². The molecule has 0 spiro atoms. The van der Waals surface area contributed by atoms with E-state index in [0.29, 0.717) is 6.42 Å². The summed E-state index contributed by atoms with van der Waals surface area (Å²) < 4.78 is 0. The predicted octanol–water partition coefficient (Wildman–Crippen LogP) is 0.504. The maximum Gasteiger partial charge on any atom is 0 e. The van der Waals surface area contributed by atoms with Gasteiger partial charge in [-0.2, -0.15) is 6.42 Å². The van der Waals surface area contributed by atoms with Gasteiger partial charge in [0.05, 0.1) is 0 Å². The Bertz CT molecular complexity index is 20.9. The van der Waals surface area contributed by atoms with Crippen LogP contribution >= 0.6 is 0 Å². The summed E-state index contributed by atoms with van der Waals surface area (Å²) in [5.41, 5.74) is 0. The second kappa shape index (κ2) is 8.83. The molecule has 0 aliphatic carbocycles. The Morgan fingerprint density at radius 1 is 1.80 bits per heavy atom. The Hall–Kier alpha value is 0.384. The van der Waals surface area contributed by atoms with Gasteiger partial charge in [-0.05, 0) is 0 Å². The summed E-state index contributed by atoms with van der Waals surface area (Å²) in [4.78, 5) is 9.05. The van der Waals surface area contributed by atoms with Gasteiger partial charge in [0.1, 0.15) is 0 Å². The van der Waals surface area contributed by atoms with Crippen molar-refractivity contribution in [2.75, 3.05) is 0 Å². The van der Waals surface area contributed by atoms with Crippen LogP contribution in [0.1, 0.15) is 13.3 Å². The first-order valence-corrected chi connectivity index (χ1v) is 1.26. The molecular weight excluding hydrogens is 99.9 g/mol. The first-order valence-electron chi connectivity index (χ1n) is 1.26. The smallest absolute Gasteiger partial charge is 0 e. The summed E-state index contributed by atoms with van der Waals surface area (Å²) in [7, 11) is 0. The average Bonchev–Trinajstić information content (AvgIpc) is 1.37. The SMILES string of the molecule is CC[C-]=O.[Ti]. The Balaban J connectivity index is 0. The first kappa shape index (κ1) is 9.04. The van der Waals surface area contributed by atoms with Crippen molar-refractivity contribution in [3.05, 3.63) is 0 Å². The molecule has 0 rings (SSSR count). The number of rotatable bonds is 1. The van der Waals surface area contributed by atoms with Gasteiger partial charge in [0, 0.05) is 21.7 Å². The van der Waals surface area contributed by atoms with Crippen LogP contribution in [0.2, 0.25) is 0 Å². The van der Waals surface area contributed by atoms with E-state index in [2.05, 4.69) is 0 Å². The molecule has 0 saturated carbocycles. The van der Waals surface area contributed by atoms with Crippen LogP contribution < -0.4 is 0 Å². The van der Waals surface area contributed by atoms with Gasteiger partial charge in [0.25, 0.3) is 0 Å². The molecule has 0 saturated heterocycles. The third-order valence-corrected chi connectivity index (χ3v) is 0.144. The van der Waals surface area contributed by atoms with Crippen LogP contribution in [0.25, 0.3) is 0 Å². The molecule has 0 bridgehead atoms. The van der Waals surface area contributed by atoms with Gasteiger partial charge in [-0.25, -0.2) is 0 Å². The number of hydrogen-bond donors (Lipinski definition) is 0. The van der Waals surface area contributed by atoms with Crippen molar-refractivity contribution in [1.29, 1.82) is 0 Å². The Morgan fingerprint density at radius 2 is 2.00 bits per heavy atom. The molecular formula is C3H5OTi-. The molecule has 0 aromatic rings. The van der Waals surface area contributed by atoms with E-state index in [-0.39, 0.29) is 21.7 Å². The van der Waals surface area contributed by atoms with E-state index in [4.69, 9.17) is 4.79 Å². The molecule has 0 amide bonds. The third-order valence-electron chi connectivity index (χ3n) is 0.144. The molecule has 0 aliphatic heterocycles. The van der Waals surface area contributed by atoms with Gasteiger partial charge >= 0.3 is 0 Å². The molecule has 0 heterocycles. The molecule has 1 nitrogen and oxygen atoms in total. The second-order valence-electron chi connectivity index (χ2n) is 0.498. The minimum Gasteiger partial charge on any atom is -0.542 e. The van der Waals surface area contributed by atoms with Crippen molar-refractivity contribution in [2.45, 2.75) is 13.3 Å². The zero-order valence-corrected chi connectivity index (χ0v) is 4.68. The van der Waals surface area contributed by atoms with Gasteiger partial charge in [-0.15, -0.1) is 0 Å². The van der Waals surface area contributed by atoms with Crippen molar-refractivity contribution < 1.29 is 26.5 Å². The van der Waals surface area contributed by atoms with Gasteiger partial charge in [-0.3, -0.25) is 6.29 Å². The molecule has 0 atom stereocenters. The molecule has 28 valence electrons. The zero-order valence-electron chi connectivity index (χ0n) is 3.12. The van der Waals surface area contributed by atoms with E-state index in [1.165, 1.54) is 0 Å². The quantitative estimate of drug-likeness (QED) is 0.350. The fourth-order valence-electron chi connectivity index (χ4n) is 0. The minimum atomic E-state index is 0. The molecule has 0 unspecified atom stereocenters. The van der Waals surface area contributed by atoms with Crippen LogP contribution in [0.3, 0.4) is 0 Å². The van der Waals surface area contributed by atoms with E-state index in [1.807, 2.05) is 0 Å². The van der Waals surface area contributed by atoms with Crippen molar-refractivity contribution in [1.82, 2.24) is 0 Å². The predicted molar refractivity (Wildman–Crippen MR) is 16.0 cm³/mol. The van der Waals surface area contributed by atoms with E-state index >= 15 is 0 Å². The summed E-state index contributed by atoms with van der Waals surface area (Å²) in [6.07, 6.45) is 2.19. The van der Waals surface area contributed by atoms with Gasteiger partial charge in [-0.1, -0.05) is 6.92 Å². The first-order chi connectivity index (χ1) is 1.91. The molecule has 2 heteroatoms. The molecule has 0 aliphatic rings. The average molecular weight is 105 g/mol. The van der Waals surface area contributed by atoms with E-state index in [9.17, 15) is 0 Å². The molecule has 0 N–H and O–H groups in total. The maximum absolute atomic E-state index is 9.05. The molecule has 5 heavy (non-hydrogen) atoms. The van der Waals surface area contributed by atoms with Gasteiger partial charge in [0.15, 0.2) is 0 Å². The van der Waals surface area contributed by atoms with Crippen molar-refractivity contribution in [3.63, 3.8) is 0 Å². The summed E-state index contributed by atoms with van der Waals surface area (Å²) in [6, 6.07) is 0. The fraction of sp³-hybridized carbons (Fsp3) is 0.667. The van der Waals surface area contributed by atoms with E-state index in [1.54, 1.807) is 13.2 Å². The third kappa shape index (κ3) is 13.0. The van der Waals surface area contributed by atoms with Crippen LogP contribution in [-0.2, 0) is 26.5 Å². The van der Waals surface area contributed by atoms with Crippen molar-refractivity contribution in [3.8, 4) is 0 Å². The van der Waals surface area contributed by atoms with Crippen LogP contribution in [0.4, 0.5) is 0 Å². The largest absolute Gasteiger partial charge is 0.542 e. The summed E-state index contributed by atoms with van der Waals surface area (Å²) in [6.45, 7) is 1.76. The van der Waals surface area contributed by atoms with Crippen LogP contribution in [0.5, 0.6) is 0 Å². The minimum absolute atomic E-state index is 0. The summed E-state index contributed by atoms with van der Waals surface area (Å²) in [5.74, 6) is 0. The standard InChI is InChI=1S/C3H5O.Ti/c1-2-3-4;/h2H2,1H3;/q-1;. The monoisotopic (exact) mass is 105 g/mol. The summed E-state index contributed by atoms with van der Waals surface area (Å²) in [5, 5.41) is 0. The number of hydrogen-bond acceptors (Lipinski definition) is 1. The van der Waals surface area contributed by atoms with Crippen LogP contribution in [-0.4, -0.2) is 6.29 Å². The fourth-order valence-corrected chi connectivity index (χ4v) is 0. The zero-order chi connectivity index (χ0) is 3.41. The van der Waals surface area contributed by atoms with Crippen LogP contribution in [0, 0.1) is 0 Å². The molecule has 0 aromatic heterocycles. The normalized spacial score (nSPS) is 5.00. The van der Waals surface area contributed by atoms with Crippen molar-refractivity contribution in [2.24, 2.45) is 0 Å². The Labute approximate surface area is 46.6 Å². The van der Waals surface area contributed by atoms with E-state index in [0.717, 1.165) is 0 Å². The topological polar surface area (TPSA) is 17.1 Å². The molecule has 0 aromatic carbocycles. The van der Waals surface area contributed by atoms with Crippen LogP contribution in [0.15, 0.2) is 0 Å². The Morgan fingerprint density at radius 3 is 2.00 bits per heavy atom.